The Morgan fingerprint density at radius 2 is 2.04 bits per heavy atom. The van der Waals surface area contributed by atoms with E-state index in [2.05, 4.69) is 0 Å². The highest BCUT2D eigenvalue weighted by atomic mass is 32.2. The Kier molecular flexibility index (Phi) is 5.02. The van der Waals surface area contributed by atoms with E-state index in [0.29, 0.717) is 24.8 Å². The van der Waals surface area contributed by atoms with Crippen molar-refractivity contribution in [3.63, 3.8) is 0 Å². The number of carbonyl (C=O) groups is 1. The van der Waals surface area contributed by atoms with Gasteiger partial charge in [0.1, 0.15) is 0 Å². The van der Waals surface area contributed by atoms with Gasteiger partial charge in [-0.2, -0.15) is 17.5 Å². The molecule has 0 saturated carbocycles. The van der Waals surface area contributed by atoms with E-state index in [-0.39, 0.29) is 18.2 Å². The van der Waals surface area contributed by atoms with E-state index in [1.165, 1.54) is 7.05 Å². The summed E-state index contributed by atoms with van der Waals surface area (Å²) in [6.07, 6.45) is -3.49. The fourth-order valence-corrected chi connectivity index (χ4v) is 3.22. The van der Waals surface area contributed by atoms with Crippen molar-refractivity contribution in [2.24, 2.45) is 0 Å². The van der Waals surface area contributed by atoms with Gasteiger partial charge >= 0.3 is 12.1 Å². The van der Waals surface area contributed by atoms with Crippen molar-refractivity contribution in [3.8, 4) is 0 Å². The number of aliphatic carboxylic acids is 1. The fraction of sp³-hybridized carbons (Fsp3) is 0.357. The number of rotatable bonds is 6. The molecule has 0 aliphatic carbocycles. The predicted octanol–water partition coefficient (Wildman–Crippen LogP) is 1.82. The molecule has 1 aliphatic heterocycles. The SMILES string of the molecule is CN(CC1CO1)S(=O)(=O)c1cc(C=CC(=O)O)cc(C(F)(F)F)c1. The zero-order valence-electron chi connectivity index (χ0n) is 12.4. The molecule has 24 heavy (non-hydrogen) atoms. The molecule has 1 unspecified atom stereocenters. The van der Waals surface area contributed by atoms with Gasteiger partial charge in [-0.3, -0.25) is 0 Å². The fourth-order valence-electron chi connectivity index (χ4n) is 1.94. The number of ether oxygens (including phenoxy) is 1. The number of halogens is 3. The third-order valence-corrected chi connectivity index (χ3v) is 5.05. The van der Waals surface area contributed by atoms with E-state index >= 15 is 0 Å². The van der Waals surface area contributed by atoms with Crippen molar-refractivity contribution in [2.75, 3.05) is 20.2 Å². The molecule has 0 bridgehead atoms. The molecule has 1 atom stereocenters. The van der Waals surface area contributed by atoms with Crippen molar-refractivity contribution in [3.05, 3.63) is 35.4 Å². The molecule has 2 rings (SSSR count). The summed E-state index contributed by atoms with van der Waals surface area (Å²) in [7, 11) is -2.93. The summed E-state index contributed by atoms with van der Waals surface area (Å²) in [5.74, 6) is -1.36. The lowest BCUT2D eigenvalue weighted by atomic mass is 10.1. The monoisotopic (exact) mass is 365 g/mol. The van der Waals surface area contributed by atoms with Crippen LogP contribution < -0.4 is 0 Å². The van der Waals surface area contributed by atoms with Crippen molar-refractivity contribution >= 4 is 22.1 Å². The highest BCUT2D eigenvalue weighted by Gasteiger charge is 2.34. The smallest absolute Gasteiger partial charge is 0.416 e. The molecule has 1 N–H and O–H groups in total. The van der Waals surface area contributed by atoms with Gasteiger partial charge in [0.15, 0.2) is 0 Å². The molecule has 1 saturated heterocycles. The average Bonchev–Trinajstić information content (AvgIpc) is 3.27. The number of hydrogen-bond donors (Lipinski definition) is 1. The largest absolute Gasteiger partial charge is 0.478 e. The standard InChI is InChI=1S/C14H14F3NO5S/c1-18(7-11-8-23-11)24(21,22)12-5-9(2-3-13(19)20)4-10(6-12)14(15,16)17/h2-6,11H,7-8H2,1H3,(H,19,20). The van der Waals surface area contributed by atoms with Crippen molar-refractivity contribution in [1.82, 2.24) is 4.31 Å². The van der Waals surface area contributed by atoms with Crippen LogP contribution in [0.1, 0.15) is 11.1 Å². The van der Waals surface area contributed by atoms with Crippen LogP contribution in [0.25, 0.3) is 6.08 Å². The molecule has 6 nitrogen and oxygen atoms in total. The molecule has 1 aliphatic rings. The van der Waals surface area contributed by atoms with E-state index < -0.39 is 32.6 Å². The lowest BCUT2D eigenvalue weighted by Gasteiger charge is -2.18. The van der Waals surface area contributed by atoms with Gasteiger partial charge in [0, 0.05) is 19.7 Å². The van der Waals surface area contributed by atoms with Gasteiger partial charge in [-0.1, -0.05) is 0 Å². The zero-order valence-corrected chi connectivity index (χ0v) is 13.3. The number of benzene rings is 1. The van der Waals surface area contributed by atoms with E-state index in [0.717, 1.165) is 16.4 Å². The van der Waals surface area contributed by atoms with Crippen molar-refractivity contribution in [1.29, 1.82) is 0 Å². The normalized spacial score (nSPS) is 18.3. The maximum absolute atomic E-state index is 13.0. The third-order valence-electron chi connectivity index (χ3n) is 3.25. The van der Waals surface area contributed by atoms with Gasteiger partial charge in [0.05, 0.1) is 23.2 Å². The van der Waals surface area contributed by atoms with Gasteiger partial charge < -0.3 is 9.84 Å². The summed E-state index contributed by atoms with van der Waals surface area (Å²) in [6.45, 7) is 0.425. The Hall–Kier alpha value is -1.91. The molecule has 0 amide bonds. The number of nitrogens with zero attached hydrogens (tertiary/aromatic N) is 1. The molecular weight excluding hydrogens is 351 g/mol. The first-order valence-corrected chi connectivity index (χ1v) is 8.15. The topological polar surface area (TPSA) is 87.2 Å². The van der Waals surface area contributed by atoms with Crippen LogP contribution in [0.3, 0.4) is 0 Å². The number of sulfonamides is 1. The Morgan fingerprint density at radius 3 is 2.54 bits per heavy atom. The second-order valence-electron chi connectivity index (χ2n) is 5.20. The second kappa shape index (κ2) is 6.54. The first-order valence-electron chi connectivity index (χ1n) is 6.71. The lowest BCUT2D eigenvalue weighted by molar-refractivity contribution is -0.137. The minimum atomic E-state index is -4.77. The van der Waals surface area contributed by atoms with Gasteiger partial charge in [0.2, 0.25) is 10.0 Å². The maximum Gasteiger partial charge on any atom is 0.416 e. The van der Waals surface area contributed by atoms with Crippen LogP contribution >= 0.6 is 0 Å². The van der Waals surface area contributed by atoms with Crippen LogP contribution in [0, 0.1) is 0 Å². The maximum atomic E-state index is 13.0. The lowest BCUT2D eigenvalue weighted by Crippen LogP contribution is -2.30. The number of likely N-dealkylation sites (N-methyl/N-ethyl adjacent to an activating group) is 1. The molecule has 0 radical (unpaired) electrons. The summed E-state index contributed by atoms with van der Waals surface area (Å²) in [6, 6.07) is 2.20. The molecule has 10 heteroatoms. The molecule has 1 heterocycles. The van der Waals surface area contributed by atoms with Gasteiger partial charge in [-0.25, -0.2) is 13.2 Å². The minimum absolute atomic E-state index is 0.0267. The Balaban J connectivity index is 2.47. The second-order valence-corrected chi connectivity index (χ2v) is 7.25. The molecular formula is C14H14F3NO5S. The summed E-state index contributed by atoms with van der Waals surface area (Å²) in [5, 5.41) is 8.58. The van der Waals surface area contributed by atoms with Crippen LogP contribution in [0.15, 0.2) is 29.2 Å². The van der Waals surface area contributed by atoms with E-state index in [9.17, 15) is 26.4 Å². The predicted molar refractivity (Wildman–Crippen MR) is 77.7 cm³/mol. The molecule has 0 aromatic heterocycles. The summed E-state index contributed by atoms with van der Waals surface area (Å²) in [5.41, 5.74) is -1.36. The molecule has 1 fully saturated rings. The zero-order chi connectivity index (χ0) is 18.1. The van der Waals surface area contributed by atoms with E-state index in [1.807, 2.05) is 0 Å². The van der Waals surface area contributed by atoms with Crippen LogP contribution in [0.2, 0.25) is 0 Å². The molecule has 132 valence electrons. The van der Waals surface area contributed by atoms with Crippen molar-refractivity contribution in [2.45, 2.75) is 17.2 Å². The van der Waals surface area contributed by atoms with Gasteiger partial charge in [-0.15, -0.1) is 0 Å². The first-order chi connectivity index (χ1) is 11.0. The number of alkyl halides is 3. The number of carboxylic acids is 1. The van der Waals surface area contributed by atoms with Crippen molar-refractivity contribution < 1.29 is 36.2 Å². The summed E-state index contributed by atoms with van der Waals surface area (Å²) < 4.78 is 69.6. The molecule has 0 spiro atoms. The van der Waals surface area contributed by atoms with Gasteiger partial charge in [-0.05, 0) is 29.8 Å². The van der Waals surface area contributed by atoms with Gasteiger partial charge in [0.25, 0.3) is 0 Å². The van der Waals surface area contributed by atoms with E-state index in [4.69, 9.17) is 9.84 Å². The van der Waals surface area contributed by atoms with Crippen LogP contribution in [0.4, 0.5) is 13.2 Å². The number of epoxide rings is 1. The van der Waals surface area contributed by atoms with Crippen LogP contribution in [-0.2, 0) is 25.7 Å². The van der Waals surface area contributed by atoms with Crippen LogP contribution in [0.5, 0.6) is 0 Å². The number of carboxylic acid groups (broad SMARTS) is 1. The highest BCUT2D eigenvalue weighted by Crippen LogP contribution is 2.33. The summed E-state index contributed by atoms with van der Waals surface area (Å²) >= 11 is 0. The molecule has 1 aromatic rings. The highest BCUT2D eigenvalue weighted by molar-refractivity contribution is 7.89. The summed E-state index contributed by atoms with van der Waals surface area (Å²) in [4.78, 5) is 9.96. The Labute approximate surface area is 136 Å². The van der Waals surface area contributed by atoms with E-state index in [1.54, 1.807) is 0 Å². The average molecular weight is 365 g/mol. The first kappa shape index (κ1) is 18.4. The Morgan fingerprint density at radius 1 is 1.42 bits per heavy atom. The third kappa shape index (κ3) is 4.56. The quantitative estimate of drug-likeness (QED) is 0.614. The number of hydrogen-bond acceptors (Lipinski definition) is 4. The minimum Gasteiger partial charge on any atom is -0.478 e. The molecule has 1 aromatic carbocycles. The Bertz CT molecular complexity index is 769. The van der Waals surface area contributed by atoms with Crippen LogP contribution in [-0.4, -0.2) is 50.1 Å².